The number of halogens is 2. The molecule has 8 nitrogen and oxygen atoms in total. The second-order valence-electron chi connectivity index (χ2n) is 9.82. The molecule has 0 N–H and O–H groups in total. The lowest BCUT2D eigenvalue weighted by molar-refractivity contribution is -0.123. The summed E-state index contributed by atoms with van der Waals surface area (Å²) in [6, 6.07) is 31.7. The summed E-state index contributed by atoms with van der Waals surface area (Å²) < 4.78 is 12.6. The molecular weight excluding hydrogens is 692 g/mol. The van der Waals surface area contributed by atoms with Crippen LogP contribution in [0, 0.1) is 0 Å². The molecule has 0 atom stereocenters. The zero-order valence-electron chi connectivity index (χ0n) is 22.9. The quantitative estimate of drug-likeness (QED) is 0.204. The molecule has 44 heavy (non-hydrogen) atoms. The highest BCUT2D eigenvalue weighted by molar-refractivity contribution is 9.10. The first-order chi connectivity index (χ1) is 21.3. The van der Waals surface area contributed by atoms with Crippen LogP contribution < -0.4 is 0 Å². The van der Waals surface area contributed by atoms with Gasteiger partial charge >= 0.3 is 12.2 Å². The Morgan fingerprint density at radius 3 is 1.20 bits per heavy atom. The average molecular weight is 714 g/mol. The van der Waals surface area contributed by atoms with Gasteiger partial charge in [-0.25, -0.2) is 19.4 Å². The van der Waals surface area contributed by atoms with Gasteiger partial charge in [0.25, 0.3) is 11.8 Å². The Balaban J connectivity index is 1.46. The monoisotopic (exact) mass is 712 g/mol. The van der Waals surface area contributed by atoms with Gasteiger partial charge in [-0.05, 0) is 46.5 Å². The Morgan fingerprint density at radius 1 is 0.523 bits per heavy atom. The number of hydrogen-bond donors (Lipinski definition) is 0. The molecule has 4 amide bonds. The van der Waals surface area contributed by atoms with E-state index in [-0.39, 0.29) is 35.8 Å². The minimum absolute atomic E-state index is 0.0218. The molecule has 2 aliphatic rings. The first-order valence-corrected chi connectivity index (χ1v) is 15.0. The minimum atomic E-state index is -0.952. The third-order valence-corrected chi connectivity index (χ3v) is 8.07. The van der Waals surface area contributed by atoms with Crippen molar-refractivity contribution in [2.45, 2.75) is 13.2 Å². The molecule has 2 aliphatic heterocycles. The molecule has 0 fully saturated rings. The van der Waals surface area contributed by atoms with Crippen LogP contribution in [0.1, 0.15) is 22.3 Å². The normalized spacial score (nSPS) is 14.3. The third kappa shape index (κ3) is 5.61. The maximum Gasteiger partial charge on any atom is 0.421 e. The van der Waals surface area contributed by atoms with Gasteiger partial charge in [0.2, 0.25) is 0 Å². The van der Waals surface area contributed by atoms with E-state index in [0.29, 0.717) is 11.1 Å². The summed E-state index contributed by atoms with van der Waals surface area (Å²) in [7, 11) is 0. The number of fused-ring (bicyclic) bond motifs is 1. The van der Waals surface area contributed by atoms with Gasteiger partial charge in [-0.1, -0.05) is 117 Å². The van der Waals surface area contributed by atoms with Gasteiger partial charge in [0.1, 0.15) is 13.2 Å². The van der Waals surface area contributed by atoms with Gasteiger partial charge in [-0.2, -0.15) is 0 Å². The molecule has 218 valence electrons. The minimum Gasteiger partial charge on any atom is -0.444 e. The molecule has 0 radical (unpaired) electrons. The number of amides is 4. The van der Waals surface area contributed by atoms with Crippen molar-refractivity contribution < 1.29 is 28.7 Å². The van der Waals surface area contributed by atoms with Gasteiger partial charge < -0.3 is 9.47 Å². The summed E-state index contributed by atoms with van der Waals surface area (Å²) >= 11 is 6.80. The summed E-state index contributed by atoms with van der Waals surface area (Å²) in [5, 5.41) is 0. The fraction of sp³-hybridized carbons (Fsp3) is 0.0588. The van der Waals surface area contributed by atoms with Crippen LogP contribution >= 0.6 is 31.9 Å². The molecule has 10 heteroatoms. The number of imide groups is 2. The van der Waals surface area contributed by atoms with Gasteiger partial charge in [-0.3, -0.25) is 9.59 Å². The van der Waals surface area contributed by atoms with Gasteiger partial charge in [-0.15, -0.1) is 0 Å². The van der Waals surface area contributed by atoms with Crippen molar-refractivity contribution in [2.24, 2.45) is 0 Å². The van der Waals surface area contributed by atoms with E-state index >= 15 is 0 Å². The van der Waals surface area contributed by atoms with Gasteiger partial charge in [0, 0.05) is 8.95 Å². The summed E-state index contributed by atoms with van der Waals surface area (Å²) in [5.41, 5.74) is 2.12. The van der Waals surface area contributed by atoms with E-state index in [2.05, 4.69) is 31.9 Å². The van der Waals surface area contributed by atoms with Crippen molar-refractivity contribution in [3.63, 3.8) is 0 Å². The lowest BCUT2D eigenvalue weighted by atomic mass is 10.0. The zero-order chi connectivity index (χ0) is 30.8. The van der Waals surface area contributed by atoms with Crippen molar-refractivity contribution >= 4 is 67.3 Å². The number of ether oxygens (including phenoxy) is 2. The number of rotatable bonds is 6. The van der Waals surface area contributed by atoms with Crippen molar-refractivity contribution in [2.75, 3.05) is 0 Å². The Labute approximate surface area is 269 Å². The molecule has 0 saturated carbocycles. The lowest BCUT2D eigenvalue weighted by Crippen LogP contribution is -2.36. The van der Waals surface area contributed by atoms with Crippen LogP contribution in [0.3, 0.4) is 0 Å². The van der Waals surface area contributed by atoms with Crippen LogP contribution in [0.5, 0.6) is 0 Å². The molecule has 0 aromatic heterocycles. The molecule has 0 aliphatic carbocycles. The summed E-state index contributed by atoms with van der Waals surface area (Å²) in [6.45, 7) is -0.173. The molecule has 4 aromatic carbocycles. The highest BCUT2D eigenvalue weighted by Crippen LogP contribution is 2.47. The van der Waals surface area contributed by atoms with Gasteiger partial charge in [0.15, 0.2) is 0 Å². The second kappa shape index (κ2) is 12.4. The molecule has 6 rings (SSSR count). The van der Waals surface area contributed by atoms with Crippen LogP contribution in [0.15, 0.2) is 129 Å². The number of benzene rings is 4. The predicted octanol–water partition coefficient (Wildman–Crippen LogP) is 7.69. The van der Waals surface area contributed by atoms with Crippen molar-refractivity contribution in [3.05, 3.63) is 152 Å². The second-order valence-corrected chi connectivity index (χ2v) is 11.7. The summed E-state index contributed by atoms with van der Waals surface area (Å²) in [4.78, 5) is 57.3. The molecule has 4 aromatic rings. The fourth-order valence-electron chi connectivity index (χ4n) is 4.98. The first-order valence-electron chi connectivity index (χ1n) is 13.4. The summed E-state index contributed by atoms with van der Waals surface area (Å²) in [5.74, 6) is -1.58. The van der Waals surface area contributed by atoms with Crippen LogP contribution in [0.2, 0.25) is 0 Å². The third-order valence-electron chi connectivity index (χ3n) is 7.02. The predicted molar refractivity (Wildman–Crippen MR) is 169 cm³/mol. The topological polar surface area (TPSA) is 93.2 Å². The SMILES string of the molecule is O=C(OCc1ccccc1)N1C(=O)C2=C(c3ccc(Br)cc3)N(C(=O)OCc3ccccc3)C(=O)C2=C1c1ccc(Br)cc1. The van der Waals surface area contributed by atoms with E-state index in [0.717, 1.165) is 29.9 Å². The zero-order valence-corrected chi connectivity index (χ0v) is 26.1. The maximum absolute atomic E-state index is 14.2. The van der Waals surface area contributed by atoms with E-state index in [4.69, 9.17) is 9.47 Å². The lowest BCUT2D eigenvalue weighted by Gasteiger charge is -2.23. The number of nitrogens with zero attached hydrogens (tertiary/aromatic N) is 2. The Hall–Kier alpha value is -4.80. The van der Waals surface area contributed by atoms with E-state index in [1.807, 2.05) is 36.4 Å². The van der Waals surface area contributed by atoms with Crippen LogP contribution in [0.25, 0.3) is 11.4 Å². The highest BCUT2D eigenvalue weighted by atomic mass is 79.9. The average Bonchev–Trinajstić information content (AvgIpc) is 3.52. The molecule has 2 heterocycles. The van der Waals surface area contributed by atoms with E-state index in [1.54, 1.807) is 72.8 Å². The first kappa shape index (κ1) is 29.3. The molecule has 0 bridgehead atoms. The molecule has 0 spiro atoms. The summed E-state index contributed by atoms with van der Waals surface area (Å²) in [6.07, 6.45) is -1.90. The van der Waals surface area contributed by atoms with Crippen LogP contribution in [0.4, 0.5) is 9.59 Å². The Kier molecular flexibility index (Phi) is 8.28. The number of carbonyl (C=O) groups is 4. The number of carbonyl (C=O) groups excluding carboxylic acids is 4. The molecule has 0 unspecified atom stereocenters. The Bertz CT molecular complexity index is 1700. The van der Waals surface area contributed by atoms with E-state index < -0.39 is 24.0 Å². The highest BCUT2D eigenvalue weighted by Gasteiger charge is 2.53. The smallest absolute Gasteiger partial charge is 0.421 e. The largest absolute Gasteiger partial charge is 0.444 e. The van der Waals surface area contributed by atoms with E-state index in [9.17, 15) is 19.2 Å². The van der Waals surface area contributed by atoms with Crippen LogP contribution in [-0.2, 0) is 32.3 Å². The van der Waals surface area contributed by atoms with E-state index in [1.165, 1.54) is 0 Å². The van der Waals surface area contributed by atoms with Crippen molar-refractivity contribution in [3.8, 4) is 0 Å². The standard InChI is InChI=1S/C34H22Br2N2O6/c35-25-15-11-23(12-16-25)29-27-28(31(39)37(29)33(41)43-19-21-7-3-1-4-8-21)30(24-13-17-26(36)18-14-24)38(32(27)40)34(42)44-20-22-9-5-2-6-10-22/h1-18H,19-20H2. The molecular formula is C34H22Br2N2O6. The fourth-order valence-corrected chi connectivity index (χ4v) is 5.51. The maximum atomic E-state index is 14.2. The van der Waals surface area contributed by atoms with Crippen molar-refractivity contribution in [1.82, 2.24) is 9.80 Å². The van der Waals surface area contributed by atoms with Crippen molar-refractivity contribution in [1.29, 1.82) is 0 Å². The Morgan fingerprint density at radius 2 is 0.864 bits per heavy atom. The number of hydrogen-bond acceptors (Lipinski definition) is 6. The van der Waals surface area contributed by atoms with Crippen LogP contribution in [-0.4, -0.2) is 33.8 Å². The van der Waals surface area contributed by atoms with Gasteiger partial charge in [0.05, 0.1) is 22.5 Å². The molecule has 0 saturated heterocycles.